The smallest absolute Gasteiger partial charge is 0.270 e. The molecule has 1 saturated heterocycles. The lowest BCUT2D eigenvalue weighted by Gasteiger charge is -2.32. The molecular weight excluding hydrogens is 354 g/mol. The summed E-state index contributed by atoms with van der Waals surface area (Å²) in [5, 5.41) is 7.21. The molecule has 7 heteroatoms. The molecule has 7 nitrogen and oxygen atoms in total. The number of amides is 2. The zero-order valence-electron chi connectivity index (χ0n) is 15.8. The van der Waals surface area contributed by atoms with E-state index in [0.29, 0.717) is 18.8 Å². The lowest BCUT2D eigenvalue weighted by molar-refractivity contribution is -0.121. The normalized spacial score (nSPS) is 16.8. The number of carbonyl (C=O) groups excluding carboxylic acids is 2. The van der Waals surface area contributed by atoms with E-state index in [1.807, 2.05) is 66.5 Å². The minimum absolute atomic E-state index is 0.0225. The Kier molecular flexibility index (Phi) is 4.97. The number of nitrogens with one attached hydrogen (secondary N) is 1. The van der Waals surface area contributed by atoms with E-state index in [0.717, 1.165) is 24.2 Å². The van der Waals surface area contributed by atoms with Crippen LogP contribution in [-0.4, -0.2) is 44.2 Å². The SMILES string of the molecule is Cn1cccc1C(=O)N1CCC[C@H](C(=O)Nc2cccc(-n3cccn3)c2)C1. The van der Waals surface area contributed by atoms with Crippen molar-refractivity contribution in [3.05, 3.63) is 66.7 Å². The van der Waals surface area contributed by atoms with Gasteiger partial charge < -0.3 is 14.8 Å². The van der Waals surface area contributed by atoms with Crippen LogP contribution in [0.1, 0.15) is 23.3 Å². The molecule has 0 aliphatic carbocycles. The summed E-state index contributed by atoms with van der Waals surface area (Å²) in [6.07, 6.45) is 7.03. The molecule has 1 aliphatic rings. The van der Waals surface area contributed by atoms with Gasteiger partial charge in [0.2, 0.25) is 5.91 Å². The molecule has 144 valence electrons. The molecule has 3 heterocycles. The van der Waals surface area contributed by atoms with E-state index in [9.17, 15) is 9.59 Å². The highest BCUT2D eigenvalue weighted by atomic mass is 16.2. The molecule has 2 aromatic heterocycles. The minimum atomic E-state index is -0.216. The third kappa shape index (κ3) is 3.69. The molecule has 1 N–H and O–H groups in total. The molecule has 0 spiro atoms. The number of anilines is 1. The Labute approximate surface area is 163 Å². The standard InChI is InChI=1S/C21H23N5O2/c1-24-11-4-9-19(24)21(28)25-12-3-6-16(15-25)20(27)23-17-7-2-8-18(14-17)26-13-5-10-22-26/h2,4-5,7-11,13-14,16H,3,6,12,15H2,1H3,(H,23,27)/t16-/m0/s1. The van der Waals surface area contributed by atoms with Crippen molar-refractivity contribution in [1.82, 2.24) is 19.2 Å². The molecule has 0 bridgehead atoms. The van der Waals surface area contributed by atoms with Gasteiger partial charge in [-0.05, 0) is 49.2 Å². The second kappa shape index (κ2) is 7.72. The summed E-state index contributed by atoms with van der Waals surface area (Å²) in [4.78, 5) is 27.3. The predicted molar refractivity (Wildman–Crippen MR) is 106 cm³/mol. The van der Waals surface area contributed by atoms with Gasteiger partial charge in [-0.25, -0.2) is 4.68 Å². The van der Waals surface area contributed by atoms with E-state index < -0.39 is 0 Å². The highest BCUT2D eigenvalue weighted by molar-refractivity contribution is 5.95. The average Bonchev–Trinajstić information content (AvgIpc) is 3.39. The van der Waals surface area contributed by atoms with Crippen molar-refractivity contribution in [3.8, 4) is 5.69 Å². The van der Waals surface area contributed by atoms with E-state index in [1.165, 1.54) is 0 Å². The van der Waals surface area contributed by atoms with Crippen LogP contribution in [0, 0.1) is 5.92 Å². The number of likely N-dealkylation sites (tertiary alicyclic amines) is 1. The summed E-state index contributed by atoms with van der Waals surface area (Å²) in [6.45, 7) is 1.12. The number of aryl methyl sites for hydroxylation is 1. The molecule has 2 amide bonds. The van der Waals surface area contributed by atoms with E-state index in [2.05, 4.69) is 10.4 Å². The Morgan fingerprint density at radius 2 is 2.04 bits per heavy atom. The number of hydrogen-bond donors (Lipinski definition) is 1. The fraction of sp³-hybridized carbons (Fsp3) is 0.286. The number of rotatable bonds is 4. The van der Waals surface area contributed by atoms with Crippen molar-refractivity contribution in [2.24, 2.45) is 13.0 Å². The Balaban J connectivity index is 1.43. The van der Waals surface area contributed by atoms with Crippen LogP contribution in [0.2, 0.25) is 0 Å². The van der Waals surface area contributed by atoms with E-state index >= 15 is 0 Å². The number of nitrogens with zero attached hydrogens (tertiary/aromatic N) is 4. The van der Waals surface area contributed by atoms with Crippen molar-refractivity contribution in [1.29, 1.82) is 0 Å². The second-order valence-corrected chi connectivity index (χ2v) is 7.08. The number of carbonyl (C=O) groups is 2. The van der Waals surface area contributed by atoms with Crippen LogP contribution < -0.4 is 5.32 Å². The summed E-state index contributed by atoms with van der Waals surface area (Å²) >= 11 is 0. The Bertz CT molecular complexity index is 976. The fourth-order valence-corrected chi connectivity index (χ4v) is 3.61. The number of hydrogen-bond acceptors (Lipinski definition) is 3. The third-order valence-electron chi connectivity index (χ3n) is 5.12. The summed E-state index contributed by atoms with van der Waals surface area (Å²) in [5.41, 5.74) is 2.25. The maximum absolute atomic E-state index is 12.8. The summed E-state index contributed by atoms with van der Waals surface area (Å²) < 4.78 is 3.56. The molecule has 3 aromatic rings. The van der Waals surface area contributed by atoms with Crippen LogP contribution in [0.5, 0.6) is 0 Å². The Hall–Kier alpha value is -3.35. The Morgan fingerprint density at radius 3 is 2.79 bits per heavy atom. The summed E-state index contributed by atoms with van der Waals surface area (Å²) in [7, 11) is 1.86. The van der Waals surface area contributed by atoms with Crippen molar-refractivity contribution in [3.63, 3.8) is 0 Å². The summed E-state index contributed by atoms with van der Waals surface area (Å²) in [6, 6.07) is 13.1. The first kappa shape index (κ1) is 18.0. The number of aromatic nitrogens is 3. The lowest BCUT2D eigenvalue weighted by atomic mass is 9.96. The number of piperidine rings is 1. The van der Waals surface area contributed by atoms with Gasteiger partial charge in [0, 0.05) is 44.4 Å². The van der Waals surface area contributed by atoms with Crippen LogP contribution >= 0.6 is 0 Å². The van der Waals surface area contributed by atoms with Crippen molar-refractivity contribution >= 4 is 17.5 Å². The van der Waals surface area contributed by atoms with Gasteiger partial charge in [0.1, 0.15) is 5.69 Å². The zero-order chi connectivity index (χ0) is 19.5. The van der Waals surface area contributed by atoms with Gasteiger partial charge in [-0.2, -0.15) is 5.10 Å². The first-order valence-electron chi connectivity index (χ1n) is 9.43. The lowest BCUT2D eigenvalue weighted by Crippen LogP contribution is -2.44. The van der Waals surface area contributed by atoms with Gasteiger partial charge in [0.25, 0.3) is 5.91 Å². The average molecular weight is 377 g/mol. The fourth-order valence-electron chi connectivity index (χ4n) is 3.61. The van der Waals surface area contributed by atoms with Gasteiger partial charge in [-0.3, -0.25) is 9.59 Å². The van der Waals surface area contributed by atoms with Gasteiger partial charge in [0.15, 0.2) is 0 Å². The van der Waals surface area contributed by atoms with Gasteiger partial charge in [0.05, 0.1) is 11.6 Å². The number of benzene rings is 1. The zero-order valence-corrected chi connectivity index (χ0v) is 15.8. The maximum Gasteiger partial charge on any atom is 0.270 e. The first-order valence-corrected chi connectivity index (χ1v) is 9.43. The first-order chi connectivity index (χ1) is 13.6. The van der Waals surface area contributed by atoms with Gasteiger partial charge in [-0.15, -0.1) is 0 Å². The third-order valence-corrected chi connectivity index (χ3v) is 5.12. The Morgan fingerprint density at radius 1 is 1.14 bits per heavy atom. The van der Waals surface area contributed by atoms with Gasteiger partial charge in [-0.1, -0.05) is 6.07 Å². The highest BCUT2D eigenvalue weighted by Crippen LogP contribution is 2.21. The minimum Gasteiger partial charge on any atom is -0.347 e. The predicted octanol–water partition coefficient (Wildman–Crippen LogP) is 2.70. The van der Waals surface area contributed by atoms with Crippen LogP contribution in [-0.2, 0) is 11.8 Å². The van der Waals surface area contributed by atoms with Crippen molar-refractivity contribution < 1.29 is 9.59 Å². The van der Waals surface area contributed by atoms with Crippen LogP contribution in [0.4, 0.5) is 5.69 Å². The monoisotopic (exact) mass is 377 g/mol. The highest BCUT2D eigenvalue weighted by Gasteiger charge is 2.29. The van der Waals surface area contributed by atoms with Crippen LogP contribution in [0.25, 0.3) is 5.69 Å². The molecule has 4 rings (SSSR count). The van der Waals surface area contributed by atoms with E-state index in [1.54, 1.807) is 15.8 Å². The van der Waals surface area contributed by atoms with Crippen molar-refractivity contribution in [2.75, 3.05) is 18.4 Å². The topological polar surface area (TPSA) is 72.2 Å². The summed E-state index contributed by atoms with van der Waals surface area (Å²) in [5.74, 6) is -0.293. The van der Waals surface area contributed by atoms with Crippen molar-refractivity contribution in [2.45, 2.75) is 12.8 Å². The van der Waals surface area contributed by atoms with Gasteiger partial charge >= 0.3 is 0 Å². The largest absolute Gasteiger partial charge is 0.347 e. The second-order valence-electron chi connectivity index (χ2n) is 7.08. The molecule has 1 atom stereocenters. The molecule has 0 unspecified atom stereocenters. The molecule has 1 aliphatic heterocycles. The van der Waals surface area contributed by atoms with Crippen LogP contribution in [0.3, 0.4) is 0 Å². The quantitative estimate of drug-likeness (QED) is 0.760. The maximum atomic E-state index is 12.8. The van der Waals surface area contributed by atoms with Crippen LogP contribution in [0.15, 0.2) is 61.1 Å². The molecule has 1 fully saturated rings. The van der Waals surface area contributed by atoms with E-state index in [-0.39, 0.29) is 17.7 Å². The molecular formula is C21H23N5O2. The molecule has 0 radical (unpaired) electrons. The van der Waals surface area contributed by atoms with E-state index in [4.69, 9.17) is 0 Å². The molecule has 0 saturated carbocycles. The molecule has 28 heavy (non-hydrogen) atoms. The molecule has 1 aromatic carbocycles.